The number of nitrogens with one attached hydrogen (secondary N) is 2. The third-order valence-electron chi connectivity index (χ3n) is 4.21. The van der Waals surface area contributed by atoms with E-state index in [2.05, 4.69) is 32.6 Å². The molecule has 0 aromatic heterocycles. The van der Waals surface area contributed by atoms with Gasteiger partial charge in [0.1, 0.15) is 6.61 Å². The average Bonchev–Trinajstić information content (AvgIpc) is 2.57. The van der Waals surface area contributed by atoms with Gasteiger partial charge in [-0.3, -0.25) is 0 Å². The van der Waals surface area contributed by atoms with Crippen molar-refractivity contribution in [3.8, 4) is 0 Å². The molecule has 0 spiro atoms. The molecular weight excluding hydrogens is 368 g/mol. The summed E-state index contributed by atoms with van der Waals surface area (Å²) in [5, 5.41) is 6.43. The zero-order valence-electron chi connectivity index (χ0n) is 13.4. The summed E-state index contributed by atoms with van der Waals surface area (Å²) in [7, 11) is 0. The molecule has 1 saturated carbocycles. The second kappa shape index (κ2) is 8.31. The van der Waals surface area contributed by atoms with Crippen LogP contribution in [0, 0.1) is 0 Å². The van der Waals surface area contributed by atoms with Crippen LogP contribution in [0.1, 0.15) is 24.0 Å². The number of halogens is 1. The van der Waals surface area contributed by atoms with Crippen LogP contribution in [0.3, 0.4) is 0 Å². The van der Waals surface area contributed by atoms with E-state index in [4.69, 9.17) is 4.74 Å². The fraction of sp³-hybridized carbons (Fsp3) is 0.316. The fourth-order valence-electron chi connectivity index (χ4n) is 2.73. The lowest BCUT2D eigenvalue weighted by atomic mass is 9.87. The Kier molecular flexibility index (Phi) is 5.88. The van der Waals surface area contributed by atoms with Gasteiger partial charge in [0, 0.05) is 23.1 Å². The number of benzene rings is 2. The normalized spacial score (nSPS) is 19.4. The van der Waals surface area contributed by atoms with Crippen LogP contribution in [0.4, 0.5) is 4.79 Å². The first-order valence-corrected chi connectivity index (χ1v) is 8.94. The summed E-state index contributed by atoms with van der Waals surface area (Å²) < 4.78 is 6.36. The Morgan fingerprint density at radius 2 is 1.75 bits per heavy atom. The summed E-state index contributed by atoms with van der Waals surface area (Å²) in [4.78, 5) is 11.8. The minimum absolute atomic E-state index is 0.199. The Balaban J connectivity index is 1.32. The molecule has 2 aromatic rings. The van der Waals surface area contributed by atoms with Crippen LogP contribution in [-0.4, -0.2) is 18.2 Å². The number of amides is 1. The molecule has 0 radical (unpaired) electrons. The highest BCUT2D eigenvalue weighted by Crippen LogP contribution is 2.22. The lowest BCUT2D eigenvalue weighted by Crippen LogP contribution is -2.52. The number of carbonyl (C=O) groups is 1. The molecule has 4 nitrogen and oxygen atoms in total. The lowest BCUT2D eigenvalue weighted by molar-refractivity contribution is 0.125. The van der Waals surface area contributed by atoms with Gasteiger partial charge in [0.15, 0.2) is 0 Å². The van der Waals surface area contributed by atoms with E-state index in [-0.39, 0.29) is 12.1 Å². The van der Waals surface area contributed by atoms with E-state index >= 15 is 0 Å². The maximum Gasteiger partial charge on any atom is 0.407 e. The zero-order valence-corrected chi connectivity index (χ0v) is 15.0. The maximum absolute atomic E-state index is 11.8. The van der Waals surface area contributed by atoms with Crippen LogP contribution >= 0.6 is 15.9 Å². The van der Waals surface area contributed by atoms with Gasteiger partial charge in [0.05, 0.1) is 0 Å². The quantitative estimate of drug-likeness (QED) is 0.786. The molecule has 1 aliphatic rings. The van der Waals surface area contributed by atoms with Crippen molar-refractivity contribution < 1.29 is 9.53 Å². The van der Waals surface area contributed by atoms with Crippen molar-refractivity contribution >= 4 is 22.0 Å². The Bertz CT molecular complexity index is 672. The van der Waals surface area contributed by atoms with Crippen molar-refractivity contribution in [2.24, 2.45) is 0 Å². The molecule has 0 heterocycles. The van der Waals surface area contributed by atoms with Crippen molar-refractivity contribution in [3.63, 3.8) is 0 Å². The number of hydrogen-bond acceptors (Lipinski definition) is 3. The Morgan fingerprint density at radius 1 is 1.04 bits per heavy atom. The lowest BCUT2D eigenvalue weighted by Gasteiger charge is -2.36. The summed E-state index contributed by atoms with van der Waals surface area (Å²) in [6.07, 6.45) is 1.53. The zero-order chi connectivity index (χ0) is 16.8. The Morgan fingerprint density at radius 3 is 2.50 bits per heavy atom. The highest BCUT2D eigenvalue weighted by atomic mass is 79.9. The van der Waals surface area contributed by atoms with E-state index in [0.29, 0.717) is 12.6 Å². The third-order valence-corrected chi connectivity index (χ3v) is 4.99. The molecule has 2 aromatic carbocycles. The summed E-state index contributed by atoms with van der Waals surface area (Å²) in [6, 6.07) is 18.5. The number of rotatable bonds is 6. The van der Waals surface area contributed by atoms with Crippen molar-refractivity contribution in [2.45, 2.75) is 38.1 Å². The van der Waals surface area contributed by atoms with Gasteiger partial charge >= 0.3 is 6.09 Å². The summed E-state index contributed by atoms with van der Waals surface area (Å²) in [5.74, 6) is 0. The first kappa shape index (κ1) is 17.0. The molecule has 5 heteroatoms. The van der Waals surface area contributed by atoms with E-state index < -0.39 is 0 Å². The second-order valence-electron chi connectivity index (χ2n) is 6.04. The summed E-state index contributed by atoms with van der Waals surface area (Å²) in [6.45, 7) is 1.14. The predicted molar refractivity (Wildman–Crippen MR) is 97.6 cm³/mol. The molecule has 126 valence electrons. The smallest absolute Gasteiger partial charge is 0.407 e. The van der Waals surface area contributed by atoms with Crippen LogP contribution in [0.25, 0.3) is 0 Å². The molecule has 1 aliphatic carbocycles. The summed E-state index contributed by atoms with van der Waals surface area (Å²) >= 11 is 3.55. The third kappa shape index (κ3) is 4.82. The van der Waals surface area contributed by atoms with Gasteiger partial charge in [-0.2, -0.15) is 0 Å². The topological polar surface area (TPSA) is 50.4 Å². The van der Waals surface area contributed by atoms with Gasteiger partial charge in [0.2, 0.25) is 0 Å². The molecule has 0 atom stereocenters. The van der Waals surface area contributed by atoms with Crippen molar-refractivity contribution in [1.29, 1.82) is 0 Å². The first-order valence-electron chi connectivity index (χ1n) is 8.14. The van der Waals surface area contributed by atoms with Crippen LogP contribution in [0.2, 0.25) is 0 Å². The molecule has 1 fully saturated rings. The van der Waals surface area contributed by atoms with Crippen LogP contribution in [0.5, 0.6) is 0 Å². The monoisotopic (exact) mass is 388 g/mol. The van der Waals surface area contributed by atoms with Gasteiger partial charge in [-0.25, -0.2) is 4.79 Å². The second-order valence-corrected chi connectivity index (χ2v) is 6.90. The largest absolute Gasteiger partial charge is 0.445 e. The molecule has 0 bridgehead atoms. The minimum atomic E-state index is -0.340. The number of hydrogen-bond donors (Lipinski definition) is 2. The minimum Gasteiger partial charge on any atom is -0.445 e. The standard InChI is InChI=1S/C19H21BrN2O2/c20-18-9-5-4-8-15(18)12-21-16-10-17(11-16)22-19(23)24-13-14-6-2-1-3-7-14/h1-9,16-17,21H,10-13H2,(H,22,23). The van der Waals surface area contributed by atoms with Crippen LogP contribution < -0.4 is 10.6 Å². The van der Waals surface area contributed by atoms with E-state index in [0.717, 1.165) is 29.4 Å². The number of ether oxygens (including phenoxy) is 1. The van der Waals surface area contributed by atoms with E-state index in [9.17, 15) is 4.79 Å². The number of alkyl carbamates (subject to hydrolysis) is 1. The van der Waals surface area contributed by atoms with Crippen molar-refractivity contribution in [1.82, 2.24) is 10.6 Å². The first-order chi connectivity index (χ1) is 11.7. The molecule has 24 heavy (non-hydrogen) atoms. The molecule has 0 aliphatic heterocycles. The molecular formula is C19H21BrN2O2. The van der Waals surface area contributed by atoms with Gasteiger partial charge in [-0.1, -0.05) is 64.5 Å². The number of carbonyl (C=O) groups excluding carboxylic acids is 1. The van der Waals surface area contributed by atoms with E-state index in [1.807, 2.05) is 48.5 Å². The Hall–Kier alpha value is -1.85. The van der Waals surface area contributed by atoms with Crippen LogP contribution in [-0.2, 0) is 17.9 Å². The van der Waals surface area contributed by atoms with Gasteiger partial charge in [0.25, 0.3) is 0 Å². The van der Waals surface area contributed by atoms with Gasteiger partial charge < -0.3 is 15.4 Å². The van der Waals surface area contributed by atoms with Gasteiger partial charge in [-0.05, 0) is 30.0 Å². The molecule has 1 amide bonds. The molecule has 3 rings (SSSR count). The predicted octanol–water partition coefficient (Wildman–Crippen LogP) is 4.00. The molecule has 2 N–H and O–H groups in total. The average molecular weight is 389 g/mol. The Labute approximate surface area is 150 Å². The van der Waals surface area contributed by atoms with Gasteiger partial charge in [-0.15, -0.1) is 0 Å². The van der Waals surface area contributed by atoms with Crippen LogP contribution in [0.15, 0.2) is 59.1 Å². The molecule has 0 saturated heterocycles. The summed E-state index contributed by atoms with van der Waals surface area (Å²) in [5.41, 5.74) is 2.24. The highest BCUT2D eigenvalue weighted by Gasteiger charge is 2.30. The fourth-order valence-corrected chi connectivity index (χ4v) is 3.15. The molecule has 0 unspecified atom stereocenters. The highest BCUT2D eigenvalue weighted by molar-refractivity contribution is 9.10. The van der Waals surface area contributed by atoms with E-state index in [1.165, 1.54) is 5.56 Å². The van der Waals surface area contributed by atoms with E-state index in [1.54, 1.807) is 0 Å². The van der Waals surface area contributed by atoms with Crippen molar-refractivity contribution in [2.75, 3.05) is 0 Å². The van der Waals surface area contributed by atoms with Crippen molar-refractivity contribution in [3.05, 3.63) is 70.2 Å². The maximum atomic E-state index is 11.8. The SMILES string of the molecule is O=C(NC1CC(NCc2ccccc2Br)C1)OCc1ccccc1.